The van der Waals surface area contributed by atoms with E-state index in [0.29, 0.717) is 15.3 Å². The Labute approximate surface area is 86.3 Å². The van der Waals surface area contributed by atoms with Gasteiger partial charge in [-0.3, -0.25) is 0 Å². The maximum Gasteiger partial charge on any atom is 0.0595 e. The van der Waals surface area contributed by atoms with E-state index in [1.807, 2.05) is 30.0 Å². The molecule has 0 aliphatic carbocycles. The standard InChI is InChI=1S/C9H7Cl2S/c10-7-2-1-6(5-8(7)11)9-3-4-12-9/h1-3,5,9H,4H2. The summed E-state index contributed by atoms with van der Waals surface area (Å²) in [5.74, 6) is 1.14. The minimum absolute atomic E-state index is 0.528. The molecule has 2 rings (SSSR count). The quantitative estimate of drug-likeness (QED) is 0.686. The van der Waals surface area contributed by atoms with Crippen LogP contribution in [0.3, 0.4) is 0 Å². The fourth-order valence-corrected chi connectivity index (χ4v) is 2.14. The summed E-state index contributed by atoms with van der Waals surface area (Å²) < 4.78 is 0. The molecule has 1 heterocycles. The maximum absolute atomic E-state index is 5.88. The van der Waals surface area contributed by atoms with E-state index in [1.54, 1.807) is 0 Å². The van der Waals surface area contributed by atoms with Crippen molar-refractivity contribution in [3.8, 4) is 0 Å². The molecule has 0 spiro atoms. The Balaban J connectivity index is 2.27. The van der Waals surface area contributed by atoms with Gasteiger partial charge in [0.1, 0.15) is 0 Å². The molecule has 0 amide bonds. The molecule has 63 valence electrons. The zero-order valence-electron chi connectivity index (χ0n) is 6.26. The number of hydrogen-bond acceptors (Lipinski definition) is 1. The molecule has 3 heteroatoms. The molecular formula is C9H7Cl2S. The highest BCUT2D eigenvalue weighted by molar-refractivity contribution is 8.01. The van der Waals surface area contributed by atoms with E-state index in [2.05, 4.69) is 6.42 Å². The number of halogens is 2. The predicted molar refractivity (Wildman–Crippen MR) is 56.0 cm³/mol. The molecule has 1 aliphatic rings. The van der Waals surface area contributed by atoms with Crippen LogP contribution in [-0.4, -0.2) is 5.75 Å². The highest BCUT2D eigenvalue weighted by atomic mass is 35.5. The summed E-state index contributed by atoms with van der Waals surface area (Å²) in [5.41, 5.74) is 1.25. The van der Waals surface area contributed by atoms with Crippen LogP contribution in [0.25, 0.3) is 0 Å². The lowest BCUT2D eigenvalue weighted by Crippen LogP contribution is -2.07. The average Bonchev–Trinajstić information content (AvgIpc) is 1.93. The third-order valence-electron chi connectivity index (χ3n) is 1.86. The Hall–Kier alpha value is 0.150. The minimum Gasteiger partial charge on any atom is -0.153 e. The Bertz CT molecular complexity index is 295. The molecule has 1 aromatic rings. The summed E-state index contributed by atoms with van der Waals surface area (Å²) >= 11 is 13.6. The van der Waals surface area contributed by atoms with Crippen LogP contribution in [0.1, 0.15) is 10.8 Å². The van der Waals surface area contributed by atoms with Crippen molar-refractivity contribution in [1.29, 1.82) is 0 Å². The molecule has 12 heavy (non-hydrogen) atoms. The third kappa shape index (κ3) is 1.59. The molecule has 1 aromatic carbocycles. The Kier molecular flexibility index (Phi) is 2.54. The molecule has 1 fully saturated rings. The summed E-state index contributed by atoms with van der Waals surface area (Å²) in [7, 11) is 0. The van der Waals surface area contributed by atoms with Gasteiger partial charge < -0.3 is 0 Å². The largest absolute Gasteiger partial charge is 0.153 e. The van der Waals surface area contributed by atoms with Crippen LogP contribution in [0.2, 0.25) is 10.0 Å². The van der Waals surface area contributed by atoms with Gasteiger partial charge in [0.25, 0.3) is 0 Å². The first kappa shape index (κ1) is 8.74. The van der Waals surface area contributed by atoms with E-state index in [9.17, 15) is 0 Å². The molecule has 1 atom stereocenters. The van der Waals surface area contributed by atoms with Crippen LogP contribution >= 0.6 is 35.0 Å². The second kappa shape index (κ2) is 3.49. The lowest BCUT2D eigenvalue weighted by Gasteiger charge is -2.24. The molecule has 0 bridgehead atoms. The van der Waals surface area contributed by atoms with E-state index in [4.69, 9.17) is 23.2 Å². The first-order valence-electron chi connectivity index (χ1n) is 3.67. The number of benzene rings is 1. The average molecular weight is 218 g/mol. The highest BCUT2D eigenvalue weighted by Gasteiger charge is 2.20. The van der Waals surface area contributed by atoms with Gasteiger partial charge in [-0.2, -0.15) is 11.8 Å². The molecule has 1 radical (unpaired) electrons. The van der Waals surface area contributed by atoms with Gasteiger partial charge in [0.2, 0.25) is 0 Å². The number of hydrogen-bond donors (Lipinski definition) is 0. The van der Waals surface area contributed by atoms with Gasteiger partial charge in [-0.25, -0.2) is 0 Å². The number of rotatable bonds is 1. The van der Waals surface area contributed by atoms with Crippen LogP contribution in [0, 0.1) is 6.42 Å². The van der Waals surface area contributed by atoms with E-state index in [1.165, 1.54) is 5.56 Å². The second-order valence-corrected chi connectivity index (χ2v) is 4.65. The molecule has 1 unspecified atom stereocenters. The van der Waals surface area contributed by atoms with Crippen molar-refractivity contribution < 1.29 is 0 Å². The van der Waals surface area contributed by atoms with Crippen LogP contribution in [0.5, 0.6) is 0 Å². The highest BCUT2D eigenvalue weighted by Crippen LogP contribution is 2.42. The van der Waals surface area contributed by atoms with Crippen molar-refractivity contribution in [2.75, 3.05) is 5.75 Å². The summed E-state index contributed by atoms with van der Waals surface area (Å²) in [5, 5.41) is 1.81. The van der Waals surface area contributed by atoms with Crippen LogP contribution in [0.15, 0.2) is 18.2 Å². The van der Waals surface area contributed by atoms with E-state index in [0.717, 1.165) is 5.75 Å². The molecule has 1 saturated heterocycles. The van der Waals surface area contributed by atoms with Gasteiger partial charge >= 0.3 is 0 Å². The van der Waals surface area contributed by atoms with Crippen molar-refractivity contribution in [1.82, 2.24) is 0 Å². The molecule has 0 nitrogen and oxygen atoms in total. The summed E-state index contributed by atoms with van der Waals surface area (Å²) in [4.78, 5) is 0. The number of thioether (sulfide) groups is 1. The van der Waals surface area contributed by atoms with Gasteiger partial charge in [-0.15, -0.1) is 0 Å². The van der Waals surface area contributed by atoms with Gasteiger partial charge in [-0.1, -0.05) is 29.3 Å². The van der Waals surface area contributed by atoms with E-state index >= 15 is 0 Å². The van der Waals surface area contributed by atoms with Crippen molar-refractivity contribution in [2.45, 2.75) is 5.25 Å². The lowest BCUT2D eigenvalue weighted by atomic mass is 10.1. The Morgan fingerprint density at radius 2 is 2.00 bits per heavy atom. The lowest BCUT2D eigenvalue weighted by molar-refractivity contribution is 1.06. The molecule has 0 aromatic heterocycles. The van der Waals surface area contributed by atoms with Crippen LogP contribution < -0.4 is 0 Å². The van der Waals surface area contributed by atoms with Crippen molar-refractivity contribution >= 4 is 35.0 Å². The van der Waals surface area contributed by atoms with E-state index in [-0.39, 0.29) is 0 Å². The fourth-order valence-electron chi connectivity index (χ4n) is 1.11. The topological polar surface area (TPSA) is 0 Å². The van der Waals surface area contributed by atoms with Gasteiger partial charge in [0, 0.05) is 5.25 Å². The molecular weight excluding hydrogens is 211 g/mol. The van der Waals surface area contributed by atoms with Gasteiger partial charge in [0.15, 0.2) is 0 Å². The predicted octanol–water partition coefficient (Wildman–Crippen LogP) is 3.99. The molecule has 0 N–H and O–H groups in total. The second-order valence-electron chi connectivity index (χ2n) is 2.66. The van der Waals surface area contributed by atoms with Crippen molar-refractivity contribution in [2.24, 2.45) is 0 Å². The smallest absolute Gasteiger partial charge is 0.0595 e. The Morgan fingerprint density at radius 3 is 2.50 bits per heavy atom. The first-order chi connectivity index (χ1) is 5.77. The zero-order chi connectivity index (χ0) is 8.55. The summed E-state index contributed by atoms with van der Waals surface area (Å²) in [6, 6.07) is 5.82. The van der Waals surface area contributed by atoms with Crippen LogP contribution in [-0.2, 0) is 0 Å². The SMILES string of the molecule is Clc1ccc(C2[CH]CS2)cc1Cl. The Morgan fingerprint density at radius 1 is 1.25 bits per heavy atom. The molecule has 1 aliphatic heterocycles. The third-order valence-corrected chi connectivity index (χ3v) is 3.81. The normalized spacial score (nSPS) is 22.0. The first-order valence-corrected chi connectivity index (χ1v) is 5.48. The maximum atomic E-state index is 5.88. The minimum atomic E-state index is 0.528. The fraction of sp³-hybridized carbons (Fsp3) is 0.222. The zero-order valence-corrected chi connectivity index (χ0v) is 8.59. The summed E-state index contributed by atoms with van der Waals surface area (Å²) in [6.45, 7) is 0. The van der Waals surface area contributed by atoms with Crippen molar-refractivity contribution in [3.63, 3.8) is 0 Å². The van der Waals surface area contributed by atoms with Gasteiger partial charge in [-0.05, 0) is 29.9 Å². The van der Waals surface area contributed by atoms with E-state index < -0.39 is 0 Å². The molecule has 0 saturated carbocycles. The monoisotopic (exact) mass is 217 g/mol. The summed E-state index contributed by atoms with van der Waals surface area (Å²) in [6.07, 6.45) is 2.27. The van der Waals surface area contributed by atoms with Gasteiger partial charge in [0.05, 0.1) is 10.0 Å². The van der Waals surface area contributed by atoms with Crippen molar-refractivity contribution in [3.05, 3.63) is 40.2 Å². The van der Waals surface area contributed by atoms with Crippen LogP contribution in [0.4, 0.5) is 0 Å².